The zero-order chi connectivity index (χ0) is 9.07. The van der Waals surface area contributed by atoms with Gasteiger partial charge in [-0.3, -0.25) is 0 Å². The van der Waals surface area contributed by atoms with Gasteiger partial charge in [0.2, 0.25) is 0 Å². The van der Waals surface area contributed by atoms with E-state index in [0.717, 1.165) is 19.3 Å². The summed E-state index contributed by atoms with van der Waals surface area (Å²) in [5, 5.41) is 0. The van der Waals surface area contributed by atoms with Crippen molar-refractivity contribution in [1.29, 1.82) is 0 Å². The summed E-state index contributed by atoms with van der Waals surface area (Å²) in [7, 11) is 0. The van der Waals surface area contributed by atoms with Crippen LogP contribution in [0.1, 0.15) is 52.4 Å². The molecule has 0 atom stereocenters. The molecule has 0 aliphatic rings. The Kier molecular flexibility index (Phi) is 9.38. The van der Waals surface area contributed by atoms with E-state index in [2.05, 4.69) is 37.5 Å². The highest BCUT2D eigenvalue weighted by atomic mass is 13.8. The standard InChI is InChI=1S/C12H18/c1-3-5-7-9-11-12-10-8-6-4-2/h3-7,9H2,1-2H3. The van der Waals surface area contributed by atoms with Crippen LogP contribution in [0, 0.1) is 23.7 Å². The first kappa shape index (κ1) is 11.1. The monoisotopic (exact) mass is 162 g/mol. The van der Waals surface area contributed by atoms with Crippen LogP contribution in [0.2, 0.25) is 0 Å². The van der Waals surface area contributed by atoms with E-state index in [1.54, 1.807) is 0 Å². The lowest BCUT2D eigenvalue weighted by Crippen LogP contribution is -1.70. The van der Waals surface area contributed by atoms with E-state index in [1.165, 1.54) is 19.3 Å². The molecular formula is C12H18. The minimum Gasteiger partial charge on any atom is -0.0891 e. The molecule has 0 bridgehead atoms. The van der Waals surface area contributed by atoms with Crippen LogP contribution < -0.4 is 0 Å². The van der Waals surface area contributed by atoms with Gasteiger partial charge in [-0.15, -0.1) is 0 Å². The third-order valence-corrected chi connectivity index (χ3v) is 1.52. The van der Waals surface area contributed by atoms with Crippen molar-refractivity contribution in [2.24, 2.45) is 0 Å². The maximum atomic E-state index is 3.06. The Hall–Kier alpha value is -0.880. The molecule has 0 aromatic heterocycles. The predicted octanol–water partition coefficient (Wildman–Crippen LogP) is 3.37. The molecule has 0 N–H and O–H groups in total. The van der Waals surface area contributed by atoms with Crippen LogP contribution in [0.4, 0.5) is 0 Å². The van der Waals surface area contributed by atoms with E-state index < -0.39 is 0 Å². The fourth-order valence-electron chi connectivity index (χ4n) is 0.802. The van der Waals surface area contributed by atoms with Gasteiger partial charge in [-0.05, 0) is 24.7 Å². The molecule has 0 saturated carbocycles. The zero-order valence-electron chi connectivity index (χ0n) is 8.24. The maximum absolute atomic E-state index is 3.06. The van der Waals surface area contributed by atoms with Crippen LogP contribution in [0.5, 0.6) is 0 Å². The second-order valence-corrected chi connectivity index (χ2v) is 2.81. The van der Waals surface area contributed by atoms with E-state index in [-0.39, 0.29) is 0 Å². The Balaban J connectivity index is 3.29. The Morgan fingerprint density at radius 1 is 0.750 bits per heavy atom. The second kappa shape index (κ2) is 10.1. The van der Waals surface area contributed by atoms with Crippen LogP contribution >= 0.6 is 0 Å². The van der Waals surface area contributed by atoms with Gasteiger partial charge in [0, 0.05) is 12.8 Å². The highest BCUT2D eigenvalue weighted by Gasteiger charge is 1.79. The van der Waals surface area contributed by atoms with Crippen LogP contribution in [0.25, 0.3) is 0 Å². The number of hydrogen-bond acceptors (Lipinski definition) is 0. The minimum atomic E-state index is 0.976. The molecule has 0 heterocycles. The number of hydrogen-bond donors (Lipinski definition) is 0. The quantitative estimate of drug-likeness (QED) is 0.439. The lowest BCUT2D eigenvalue weighted by Gasteiger charge is -1.86. The minimum absolute atomic E-state index is 0.976. The Bertz CT molecular complexity index is 192. The molecule has 0 radical (unpaired) electrons. The topological polar surface area (TPSA) is 0 Å². The number of rotatable bonds is 4. The molecule has 0 rings (SSSR count). The van der Waals surface area contributed by atoms with Gasteiger partial charge in [0.1, 0.15) is 0 Å². The van der Waals surface area contributed by atoms with Crippen molar-refractivity contribution in [2.75, 3.05) is 0 Å². The molecule has 0 amide bonds. The molecule has 0 heteroatoms. The third-order valence-electron chi connectivity index (χ3n) is 1.52. The highest BCUT2D eigenvalue weighted by Crippen LogP contribution is 1.96. The van der Waals surface area contributed by atoms with Crippen molar-refractivity contribution in [3.8, 4) is 23.7 Å². The van der Waals surface area contributed by atoms with Gasteiger partial charge in [0.25, 0.3) is 0 Å². The Labute approximate surface area is 76.8 Å². The van der Waals surface area contributed by atoms with Gasteiger partial charge < -0.3 is 0 Å². The molecule has 12 heavy (non-hydrogen) atoms. The van der Waals surface area contributed by atoms with E-state index in [4.69, 9.17) is 0 Å². The van der Waals surface area contributed by atoms with Crippen LogP contribution in [-0.4, -0.2) is 0 Å². The van der Waals surface area contributed by atoms with Crippen LogP contribution in [0.3, 0.4) is 0 Å². The number of unbranched alkanes of at least 4 members (excludes halogenated alkanes) is 4. The molecule has 0 unspecified atom stereocenters. The van der Waals surface area contributed by atoms with Crippen molar-refractivity contribution >= 4 is 0 Å². The van der Waals surface area contributed by atoms with E-state index in [0.29, 0.717) is 0 Å². The molecule has 0 aliphatic carbocycles. The average Bonchev–Trinajstić information content (AvgIpc) is 2.10. The molecule has 0 nitrogen and oxygen atoms in total. The SMILES string of the molecule is CCCC#CC#CCCCCC. The molecule has 0 fully saturated rings. The van der Waals surface area contributed by atoms with E-state index >= 15 is 0 Å². The highest BCUT2D eigenvalue weighted by molar-refractivity contribution is 5.25. The smallest absolute Gasteiger partial charge is 0.00989 e. The molecule has 0 saturated heterocycles. The van der Waals surface area contributed by atoms with Crippen molar-refractivity contribution in [3.63, 3.8) is 0 Å². The first-order valence-electron chi connectivity index (χ1n) is 4.87. The summed E-state index contributed by atoms with van der Waals surface area (Å²) < 4.78 is 0. The van der Waals surface area contributed by atoms with Gasteiger partial charge in [-0.1, -0.05) is 38.5 Å². The average molecular weight is 162 g/mol. The third kappa shape index (κ3) is 9.12. The van der Waals surface area contributed by atoms with Crippen molar-refractivity contribution in [3.05, 3.63) is 0 Å². The second-order valence-electron chi connectivity index (χ2n) is 2.81. The van der Waals surface area contributed by atoms with E-state index in [9.17, 15) is 0 Å². The first-order chi connectivity index (χ1) is 5.91. The first-order valence-corrected chi connectivity index (χ1v) is 4.87. The summed E-state index contributed by atoms with van der Waals surface area (Å²) in [6.45, 7) is 4.33. The molecule has 0 aromatic carbocycles. The van der Waals surface area contributed by atoms with Gasteiger partial charge in [-0.25, -0.2) is 0 Å². The largest absolute Gasteiger partial charge is 0.0891 e. The molecule has 0 aromatic rings. The summed E-state index contributed by atoms with van der Waals surface area (Å²) in [6.07, 6.45) is 6.89. The summed E-state index contributed by atoms with van der Waals surface area (Å²) in [6, 6.07) is 0. The fraction of sp³-hybridized carbons (Fsp3) is 0.667. The van der Waals surface area contributed by atoms with Gasteiger partial charge in [0.15, 0.2) is 0 Å². The summed E-state index contributed by atoms with van der Waals surface area (Å²) in [5.41, 5.74) is 0. The maximum Gasteiger partial charge on any atom is 0.00989 e. The summed E-state index contributed by atoms with van der Waals surface area (Å²) in [5.74, 6) is 11.8. The molecule has 0 spiro atoms. The molecule has 66 valence electrons. The van der Waals surface area contributed by atoms with Gasteiger partial charge in [-0.2, -0.15) is 0 Å². The van der Waals surface area contributed by atoms with Crippen molar-refractivity contribution in [2.45, 2.75) is 52.4 Å². The fourth-order valence-corrected chi connectivity index (χ4v) is 0.802. The Morgan fingerprint density at radius 2 is 1.42 bits per heavy atom. The summed E-state index contributed by atoms with van der Waals surface area (Å²) in [4.78, 5) is 0. The van der Waals surface area contributed by atoms with Crippen molar-refractivity contribution < 1.29 is 0 Å². The normalized spacial score (nSPS) is 7.83. The van der Waals surface area contributed by atoms with Gasteiger partial charge in [0.05, 0.1) is 0 Å². The van der Waals surface area contributed by atoms with Crippen LogP contribution in [-0.2, 0) is 0 Å². The van der Waals surface area contributed by atoms with Crippen molar-refractivity contribution in [1.82, 2.24) is 0 Å². The molecular weight excluding hydrogens is 144 g/mol. The summed E-state index contributed by atoms with van der Waals surface area (Å²) >= 11 is 0. The predicted molar refractivity (Wildman–Crippen MR) is 54.6 cm³/mol. The van der Waals surface area contributed by atoms with Crippen LogP contribution in [0.15, 0.2) is 0 Å². The lowest BCUT2D eigenvalue weighted by molar-refractivity contribution is 0.737. The zero-order valence-corrected chi connectivity index (χ0v) is 8.24. The van der Waals surface area contributed by atoms with E-state index in [1.807, 2.05) is 0 Å². The van der Waals surface area contributed by atoms with Gasteiger partial charge >= 0.3 is 0 Å². The lowest BCUT2D eigenvalue weighted by atomic mass is 10.2. The Morgan fingerprint density at radius 3 is 2.00 bits per heavy atom. The molecule has 0 aliphatic heterocycles.